The third kappa shape index (κ3) is 2.55. The molecule has 0 aromatic rings. The van der Waals surface area contributed by atoms with Gasteiger partial charge in [0.1, 0.15) is 5.78 Å². The molecule has 0 N–H and O–H groups in total. The van der Waals surface area contributed by atoms with Crippen LogP contribution in [0.25, 0.3) is 0 Å². The van der Waals surface area contributed by atoms with Crippen LogP contribution in [-0.2, 0) is 4.79 Å². The summed E-state index contributed by atoms with van der Waals surface area (Å²) in [6.07, 6.45) is 10.5. The molecule has 0 unspecified atom stereocenters. The summed E-state index contributed by atoms with van der Waals surface area (Å²) in [5, 5.41) is 0. The normalized spacial score (nSPS) is 23.7. The number of carbonyl (C=O) groups is 1. The summed E-state index contributed by atoms with van der Waals surface area (Å²) in [6.45, 7) is 2.98. The van der Waals surface area contributed by atoms with Gasteiger partial charge >= 0.3 is 0 Å². The summed E-state index contributed by atoms with van der Waals surface area (Å²) in [5.41, 5.74) is 1.52. The summed E-state index contributed by atoms with van der Waals surface area (Å²) in [6, 6.07) is 0. The van der Waals surface area contributed by atoms with Crippen LogP contribution in [0.15, 0.2) is 23.8 Å². The van der Waals surface area contributed by atoms with Crippen LogP contribution in [0.5, 0.6) is 0 Å². The van der Waals surface area contributed by atoms with Crippen molar-refractivity contribution in [3.63, 3.8) is 0 Å². The van der Waals surface area contributed by atoms with E-state index in [4.69, 9.17) is 0 Å². The number of likely N-dealkylation sites (tertiary alicyclic amines) is 1. The van der Waals surface area contributed by atoms with Crippen LogP contribution in [0.3, 0.4) is 0 Å². The maximum absolute atomic E-state index is 11.0. The zero-order valence-corrected chi connectivity index (χ0v) is 8.54. The van der Waals surface area contributed by atoms with E-state index in [2.05, 4.69) is 23.1 Å². The largest absolute Gasteiger partial charge is 0.300 e. The highest BCUT2D eigenvalue weighted by Gasteiger charge is 2.16. The van der Waals surface area contributed by atoms with Crippen molar-refractivity contribution in [3.8, 4) is 0 Å². The molecule has 0 spiro atoms. The Labute approximate surface area is 85.3 Å². The number of rotatable bonds is 2. The molecule has 0 amide bonds. The molecule has 1 heterocycles. The number of hydrogen-bond donors (Lipinski definition) is 0. The number of allylic oxidation sites excluding steroid dienone is 3. The van der Waals surface area contributed by atoms with Gasteiger partial charge in [0.2, 0.25) is 0 Å². The molecule has 0 aromatic heterocycles. The van der Waals surface area contributed by atoms with Gasteiger partial charge in [-0.3, -0.25) is 9.69 Å². The van der Waals surface area contributed by atoms with E-state index in [9.17, 15) is 4.79 Å². The zero-order chi connectivity index (χ0) is 9.80. The molecule has 2 rings (SSSR count). The van der Waals surface area contributed by atoms with E-state index in [-0.39, 0.29) is 0 Å². The van der Waals surface area contributed by atoms with Gasteiger partial charge in [0.25, 0.3) is 0 Å². The first-order valence-corrected chi connectivity index (χ1v) is 5.43. The van der Waals surface area contributed by atoms with E-state index in [0.717, 1.165) is 32.5 Å². The van der Waals surface area contributed by atoms with E-state index < -0.39 is 0 Å². The molecule has 14 heavy (non-hydrogen) atoms. The number of carbonyl (C=O) groups excluding carboxylic acids is 1. The molecule has 2 aliphatic rings. The molecule has 76 valence electrons. The van der Waals surface area contributed by atoms with Crippen molar-refractivity contribution in [1.29, 1.82) is 0 Å². The Kier molecular flexibility index (Phi) is 3.14. The molecular weight excluding hydrogens is 174 g/mol. The predicted molar refractivity (Wildman–Crippen MR) is 57.1 cm³/mol. The number of hydrogen-bond acceptors (Lipinski definition) is 2. The third-order valence-corrected chi connectivity index (χ3v) is 2.94. The van der Waals surface area contributed by atoms with Crippen LogP contribution in [0.2, 0.25) is 0 Å². The van der Waals surface area contributed by atoms with Gasteiger partial charge in [-0.05, 0) is 12.8 Å². The molecule has 0 atom stereocenters. The highest BCUT2D eigenvalue weighted by atomic mass is 16.1. The van der Waals surface area contributed by atoms with Crippen LogP contribution < -0.4 is 0 Å². The fourth-order valence-electron chi connectivity index (χ4n) is 2.03. The van der Waals surface area contributed by atoms with Gasteiger partial charge in [0.15, 0.2) is 0 Å². The Morgan fingerprint density at radius 1 is 1.21 bits per heavy atom. The smallest absolute Gasteiger partial charge is 0.135 e. The SMILES string of the molecule is O=C1CCN(CC2=CC=CCC2)CC1. The number of Topliss-reactive ketones (excluding diaryl/α,β-unsaturated/α-hetero) is 1. The van der Waals surface area contributed by atoms with Crippen LogP contribution >= 0.6 is 0 Å². The molecule has 1 fully saturated rings. The van der Waals surface area contributed by atoms with Gasteiger partial charge in [0.05, 0.1) is 0 Å². The molecule has 1 saturated heterocycles. The molecule has 0 aromatic carbocycles. The highest BCUT2D eigenvalue weighted by Crippen LogP contribution is 2.15. The standard InChI is InChI=1S/C12H17NO/c14-12-6-8-13(9-7-12)10-11-4-2-1-3-5-11/h1-2,4H,3,5-10H2. The van der Waals surface area contributed by atoms with Crippen LogP contribution in [0.4, 0.5) is 0 Å². The molecular formula is C12H17NO. The zero-order valence-electron chi connectivity index (χ0n) is 8.54. The molecule has 2 heteroatoms. The lowest BCUT2D eigenvalue weighted by atomic mass is 10.0. The van der Waals surface area contributed by atoms with Crippen molar-refractivity contribution in [1.82, 2.24) is 4.90 Å². The Morgan fingerprint density at radius 2 is 2.00 bits per heavy atom. The maximum Gasteiger partial charge on any atom is 0.135 e. The van der Waals surface area contributed by atoms with Crippen LogP contribution in [0, 0.1) is 0 Å². The van der Waals surface area contributed by atoms with E-state index >= 15 is 0 Å². The van der Waals surface area contributed by atoms with Crippen molar-refractivity contribution >= 4 is 5.78 Å². The van der Waals surface area contributed by atoms with Crippen molar-refractivity contribution in [2.75, 3.05) is 19.6 Å². The van der Waals surface area contributed by atoms with Crippen LogP contribution in [-0.4, -0.2) is 30.3 Å². The number of nitrogens with zero attached hydrogens (tertiary/aromatic N) is 1. The molecule has 1 aliphatic carbocycles. The van der Waals surface area contributed by atoms with Crippen LogP contribution in [0.1, 0.15) is 25.7 Å². The van der Waals surface area contributed by atoms with Crippen molar-refractivity contribution in [2.45, 2.75) is 25.7 Å². The van der Waals surface area contributed by atoms with Crippen molar-refractivity contribution < 1.29 is 4.79 Å². The van der Waals surface area contributed by atoms with E-state index in [1.165, 1.54) is 18.4 Å². The van der Waals surface area contributed by atoms with Gasteiger partial charge in [-0.1, -0.05) is 23.8 Å². The topological polar surface area (TPSA) is 20.3 Å². The monoisotopic (exact) mass is 191 g/mol. The number of ketones is 1. The first-order chi connectivity index (χ1) is 6.84. The summed E-state index contributed by atoms with van der Waals surface area (Å²) >= 11 is 0. The lowest BCUT2D eigenvalue weighted by molar-refractivity contribution is -0.121. The molecule has 0 bridgehead atoms. The van der Waals surface area contributed by atoms with E-state index in [0.29, 0.717) is 5.78 Å². The average molecular weight is 191 g/mol. The van der Waals surface area contributed by atoms with Gasteiger partial charge in [-0.2, -0.15) is 0 Å². The first-order valence-electron chi connectivity index (χ1n) is 5.43. The highest BCUT2D eigenvalue weighted by molar-refractivity contribution is 5.79. The summed E-state index contributed by atoms with van der Waals surface area (Å²) in [7, 11) is 0. The lowest BCUT2D eigenvalue weighted by Crippen LogP contribution is -2.35. The molecule has 2 nitrogen and oxygen atoms in total. The fourth-order valence-corrected chi connectivity index (χ4v) is 2.03. The quantitative estimate of drug-likeness (QED) is 0.664. The minimum atomic E-state index is 0.429. The van der Waals surface area contributed by atoms with Gasteiger partial charge in [-0.25, -0.2) is 0 Å². The van der Waals surface area contributed by atoms with Gasteiger partial charge < -0.3 is 0 Å². The second-order valence-corrected chi connectivity index (χ2v) is 4.11. The minimum absolute atomic E-state index is 0.429. The Balaban J connectivity index is 1.82. The third-order valence-electron chi connectivity index (χ3n) is 2.94. The summed E-state index contributed by atoms with van der Waals surface area (Å²) in [4.78, 5) is 13.4. The maximum atomic E-state index is 11.0. The Bertz CT molecular complexity index is 268. The Hall–Kier alpha value is -0.890. The molecule has 0 saturated carbocycles. The minimum Gasteiger partial charge on any atom is -0.300 e. The molecule has 0 radical (unpaired) electrons. The predicted octanol–water partition coefficient (Wildman–Crippen LogP) is 1.93. The van der Waals surface area contributed by atoms with Gasteiger partial charge in [-0.15, -0.1) is 0 Å². The summed E-state index contributed by atoms with van der Waals surface area (Å²) < 4.78 is 0. The first kappa shape index (κ1) is 9.66. The van der Waals surface area contributed by atoms with E-state index in [1.54, 1.807) is 0 Å². The van der Waals surface area contributed by atoms with Crippen molar-refractivity contribution in [3.05, 3.63) is 23.8 Å². The molecule has 1 aliphatic heterocycles. The van der Waals surface area contributed by atoms with Crippen molar-refractivity contribution in [2.24, 2.45) is 0 Å². The number of piperidine rings is 1. The Morgan fingerprint density at radius 3 is 2.64 bits per heavy atom. The van der Waals surface area contributed by atoms with E-state index in [1.807, 2.05) is 0 Å². The van der Waals surface area contributed by atoms with Gasteiger partial charge in [0, 0.05) is 32.5 Å². The second kappa shape index (κ2) is 4.56. The lowest BCUT2D eigenvalue weighted by Gasteiger charge is -2.27. The summed E-state index contributed by atoms with van der Waals surface area (Å²) in [5.74, 6) is 0.429. The fraction of sp³-hybridized carbons (Fsp3) is 0.583. The second-order valence-electron chi connectivity index (χ2n) is 4.11. The average Bonchev–Trinajstić information content (AvgIpc) is 2.23.